The van der Waals surface area contributed by atoms with Crippen LogP contribution in [0.1, 0.15) is 163 Å². The maximum Gasteiger partial charge on any atom is 0.417 e. The number of benzene rings is 3. The van der Waals surface area contributed by atoms with E-state index in [2.05, 4.69) is 15.6 Å². The number of nitrogens with zero attached hydrogens (tertiary/aromatic N) is 8. The van der Waals surface area contributed by atoms with Crippen LogP contribution in [0.5, 0.6) is 23.0 Å². The molecule has 0 radical (unpaired) electrons. The van der Waals surface area contributed by atoms with Crippen LogP contribution in [0.15, 0.2) is 60.8 Å². The summed E-state index contributed by atoms with van der Waals surface area (Å²) in [7, 11) is 2.97. The molecule has 3 unspecified atom stereocenters. The lowest BCUT2D eigenvalue weighted by Gasteiger charge is -2.39. The van der Waals surface area contributed by atoms with Gasteiger partial charge in [-0.25, -0.2) is 24.1 Å². The molecule has 7 aliphatic rings. The largest absolute Gasteiger partial charge is 0.493 e. The molecular weight excluding hydrogens is 1330 g/mol. The zero-order chi connectivity index (χ0) is 72.8. The topological polar surface area (TPSA) is 298 Å². The van der Waals surface area contributed by atoms with Crippen molar-refractivity contribution in [1.29, 1.82) is 0 Å². The van der Waals surface area contributed by atoms with Gasteiger partial charge in [0.25, 0.3) is 23.6 Å². The van der Waals surface area contributed by atoms with Gasteiger partial charge in [0.2, 0.25) is 5.91 Å². The molecule has 6 atom stereocenters. The summed E-state index contributed by atoms with van der Waals surface area (Å²) >= 11 is 0. The minimum Gasteiger partial charge on any atom is -0.493 e. The van der Waals surface area contributed by atoms with E-state index in [0.29, 0.717) is 172 Å². The molecule has 29 nitrogen and oxygen atoms in total. The Morgan fingerprint density at radius 3 is 1.55 bits per heavy atom. The molecule has 1 aromatic heterocycles. The third-order valence-corrected chi connectivity index (χ3v) is 18.5. The van der Waals surface area contributed by atoms with Crippen molar-refractivity contribution in [3.8, 4) is 34.3 Å². The Bertz CT molecular complexity index is 3480. The van der Waals surface area contributed by atoms with Crippen LogP contribution in [0, 0.1) is 0 Å². The summed E-state index contributed by atoms with van der Waals surface area (Å²) in [6.45, 7) is 15.4. The molecular formula is C74H99N9O20. The van der Waals surface area contributed by atoms with Crippen molar-refractivity contribution in [2.24, 2.45) is 0 Å². The van der Waals surface area contributed by atoms with Crippen LogP contribution in [0.25, 0.3) is 11.3 Å². The second kappa shape index (κ2) is 34.9. The molecule has 7 amide bonds. The van der Waals surface area contributed by atoms with Crippen molar-refractivity contribution in [2.45, 2.75) is 200 Å². The first-order valence-corrected chi connectivity index (χ1v) is 36.1. The van der Waals surface area contributed by atoms with Crippen LogP contribution in [0.3, 0.4) is 0 Å². The van der Waals surface area contributed by atoms with Crippen molar-refractivity contribution in [2.75, 3.05) is 103 Å². The van der Waals surface area contributed by atoms with Crippen LogP contribution < -0.4 is 34.1 Å². The Labute approximate surface area is 600 Å². The Morgan fingerprint density at radius 2 is 1.07 bits per heavy atom. The van der Waals surface area contributed by atoms with Crippen molar-refractivity contribution < 1.29 is 95.1 Å². The average molecular weight is 1430 g/mol. The zero-order valence-corrected chi connectivity index (χ0v) is 60.5. The van der Waals surface area contributed by atoms with E-state index in [1.165, 1.54) is 41.1 Å². The standard InChI is InChI=1S/C74H99N9O20/c1-73(2,3)102-71(89)82-56-43-60(58(91-7)41-51(56)67(87)79-27-16-18-54(79)69(82)100-65-21-11-14-30-96-65)98-46-48-38-49(40-50(39-48)53-45-78(77-76-53)29-33-94-35-37-95-36-34-93-32-25-75-62(84)20-10-9-13-26-81-63(85)23-24-64(81)86)47-99-61-44-57-52(42-59(61)92-8)68(88)80-28-17-19-55(80)70(101-66-22-12-15-31-97-66)83(57)72(90)103-74(4,5)6/h23-24,38-45,54-55,65-66,69-70H,9-22,25-37,46-47H2,1-8H3,(H,75,84)/t54-,55-,65?,66?,69-,70?/m0/s1. The van der Waals surface area contributed by atoms with Gasteiger partial charge < -0.3 is 76.7 Å². The second-order valence-corrected chi connectivity index (χ2v) is 28.4. The number of fused-ring (bicyclic) bond motifs is 4. The van der Waals surface area contributed by atoms with E-state index in [9.17, 15) is 33.6 Å². The molecule has 0 aliphatic carbocycles. The number of ether oxygens (including phenoxy) is 13. The van der Waals surface area contributed by atoms with E-state index < -0.39 is 60.5 Å². The van der Waals surface area contributed by atoms with Crippen molar-refractivity contribution in [3.63, 3.8) is 0 Å². The summed E-state index contributed by atoms with van der Waals surface area (Å²) in [5.74, 6) is -0.359. The number of carbonyl (C=O) groups excluding carboxylic acids is 7. The summed E-state index contributed by atoms with van der Waals surface area (Å²) in [4.78, 5) is 102. The highest BCUT2D eigenvalue weighted by atomic mass is 16.7. The molecule has 3 aromatic carbocycles. The third-order valence-electron chi connectivity index (χ3n) is 18.5. The highest BCUT2D eigenvalue weighted by Crippen LogP contribution is 2.46. The number of nitrogens with one attached hydrogen (secondary N) is 1. The van der Waals surface area contributed by atoms with Gasteiger partial charge in [-0.3, -0.25) is 28.9 Å². The molecule has 560 valence electrons. The molecule has 7 aliphatic heterocycles. The number of amides is 7. The normalized spacial score (nSPS) is 21.2. The first kappa shape index (κ1) is 75.7. The molecule has 29 heteroatoms. The van der Waals surface area contributed by atoms with Crippen molar-refractivity contribution in [1.82, 2.24) is 35.0 Å². The van der Waals surface area contributed by atoms with Gasteiger partial charge in [-0.1, -0.05) is 11.6 Å². The quantitative estimate of drug-likeness (QED) is 0.0362. The van der Waals surface area contributed by atoms with Crippen LogP contribution in [0.2, 0.25) is 0 Å². The molecule has 0 saturated carbocycles. The number of imide groups is 1. The van der Waals surface area contributed by atoms with Crippen molar-refractivity contribution in [3.05, 3.63) is 83.1 Å². The lowest BCUT2D eigenvalue weighted by Crippen LogP contribution is -2.54. The van der Waals surface area contributed by atoms with E-state index >= 15 is 0 Å². The predicted octanol–water partition coefficient (Wildman–Crippen LogP) is 9.23. The maximum atomic E-state index is 14.8. The highest BCUT2D eigenvalue weighted by Gasteiger charge is 2.51. The van der Waals surface area contributed by atoms with Gasteiger partial charge in [0.1, 0.15) is 30.1 Å². The Balaban J connectivity index is 0.804. The number of hydrogen-bond acceptors (Lipinski definition) is 22. The van der Waals surface area contributed by atoms with Crippen LogP contribution >= 0.6 is 0 Å². The highest BCUT2D eigenvalue weighted by molar-refractivity contribution is 6.13. The monoisotopic (exact) mass is 1430 g/mol. The lowest BCUT2D eigenvalue weighted by molar-refractivity contribution is -0.196. The van der Waals surface area contributed by atoms with E-state index in [0.717, 1.165) is 25.7 Å². The predicted molar refractivity (Wildman–Crippen MR) is 372 cm³/mol. The van der Waals surface area contributed by atoms with E-state index in [1.807, 2.05) is 18.2 Å². The summed E-state index contributed by atoms with van der Waals surface area (Å²) in [6.07, 6.45) is 9.41. The number of aromatic nitrogens is 3. The minimum atomic E-state index is -0.968. The van der Waals surface area contributed by atoms with E-state index in [-0.39, 0.29) is 88.2 Å². The Hall–Kier alpha value is -8.45. The third kappa shape index (κ3) is 19.5. The first-order valence-electron chi connectivity index (χ1n) is 36.1. The molecule has 4 saturated heterocycles. The number of unbranched alkanes of at least 4 members (excludes halogenated alkanes) is 2. The van der Waals surface area contributed by atoms with Gasteiger partial charge >= 0.3 is 12.2 Å². The van der Waals surface area contributed by atoms with Crippen LogP contribution in [-0.2, 0) is 76.8 Å². The fourth-order valence-electron chi connectivity index (χ4n) is 13.6. The van der Waals surface area contributed by atoms with E-state index in [4.69, 9.17) is 61.6 Å². The fourth-order valence-corrected chi connectivity index (χ4v) is 13.6. The van der Waals surface area contributed by atoms with Gasteiger partial charge in [-0.05, 0) is 160 Å². The van der Waals surface area contributed by atoms with Gasteiger partial charge in [0.15, 0.2) is 48.0 Å². The summed E-state index contributed by atoms with van der Waals surface area (Å²) in [5, 5.41) is 11.9. The number of hydrogen-bond donors (Lipinski definition) is 1. The second-order valence-electron chi connectivity index (χ2n) is 28.4. The lowest BCUT2D eigenvalue weighted by atomic mass is 10.0. The maximum absolute atomic E-state index is 14.8. The van der Waals surface area contributed by atoms with Gasteiger partial charge in [-0.15, -0.1) is 5.10 Å². The molecule has 0 bridgehead atoms. The number of methoxy groups -OCH3 is 2. The minimum absolute atomic E-state index is 0.0778. The molecule has 11 rings (SSSR count). The SMILES string of the molecule is COc1cc2c(cc1OCc1cc(COc3cc4c(cc3OC)C(=O)N3CCC[C@H]3[C@H](OC3CCCCO3)N4C(=O)OC(C)(C)C)cc(-c3cn(CCOCCOCCOCCNC(=O)CCCCCN4C(=O)C=CC4=O)nn3)c1)N(C(=O)OC(C)(C)C)C(OC1CCCCO1)[C@@H]1CCCN1C2=O. The van der Waals surface area contributed by atoms with Crippen molar-refractivity contribution >= 4 is 53.1 Å². The van der Waals surface area contributed by atoms with Crippen LogP contribution in [-0.4, -0.2) is 213 Å². The number of carbonyl (C=O) groups is 7. The molecule has 8 heterocycles. The molecule has 0 spiro atoms. The average Bonchev–Trinajstić information content (AvgIpc) is 1.63. The number of rotatable bonds is 31. The molecule has 4 fully saturated rings. The first-order chi connectivity index (χ1) is 49.6. The number of anilines is 2. The summed E-state index contributed by atoms with van der Waals surface area (Å²) in [6, 6.07) is 11.2. The fraction of sp³-hybridized carbons (Fsp3) is 0.608. The van der Waals surface area contributed by atoms with Gasteiger partial charge in [0, 0.05) is 75.7 Å². The van der Waals surface area contributed by atoms with E-state index in [1.54, 1.807) is 86.5 Å². The zero-order valence-electron chi connectivity index (χ0n) is 60.5. The summed E-state index contributed by atoms with van der Waals surface area (Å²) < 4.78 is 82.3. The molecule has 1 N–H and O–H groups in total. The van der Waals surface area contributed by atoms with Crippen LogP contribution in [0.4, 0.5) is 21.0 Å². The molecule has 103 heavy (non-hydrogen) atoms. The Kier molecular flexibility index (Phi) is 25.6. The van der Waals surface area contributed by atoms with Gasteiger partial charge in [0.05, 0.1) is 101 Å². The smallest absolute Gasteiger partial charge is 0.417 e. The van der Waals surface area contributed by atoms with Gasteiger partial charge in [-0.2, -0.15) is 0 Å². The molecule has 4 aromatic rings. The Morgan fingerprint density at radius 1 is 0.563 bits per heavy atom. The summed E-state index contributed by atoms with van der Waals surface area (Å²) in [5.41, 5.74) is 1.48.